The number of carbonyl (C=O) groups is 1. The molecule has 0 N–H and O–H groups in total. The average molecular weight is 461 g/mol. The molecular weight excluding hydrogens is 408 g/mol. The lowest BCUT2D eigenvalue weighted by Crippen LogP contribution is -2.06. The van der Waals surface area contributed by atoms with Crippen LogP contribution in [0.25, 0.3) is 0 Å². The van der Waals surface area contributed by atoms with E-state index in [2.05, 4.69) is 62.5 Å². The minimum Gasteiger partial charge on any atom is -0.298 e. The van der Waals surface area contributed by atoms with E-state index in [0.717, 1.165) is 51.4 Å². The van der Waals surface area contributed by atoms with E-state index in [4.69, 9.17) is 9.78 Å². The van der Waals surface area contributed by atoms with Crippen LogP contribution in [0.3, 0.4) is 0 Å². The van der Waals surface area contributed by atoms with E-state index in [1.807, 2.05) is 0 Å². The van der Waals surface area contributed by atoms with Gasteiger partial charge in [-0.3, -0.25) is 4.89 Å². The third-order valence-electron chi connectivity index (χ3n) is 5.44. The third-order valence-corrected chi connectivity index (χ3v) is 5.44. The Kier molecular flexibility index (Phi) is 27.0. The van der Waals surface area contributed by atoms with Crippen molar-refractivity contribution in [2.45, 2.75) is 129 Å². The van der Waals surface area contributed by atoms with E-state index >= 15 is 0 Å². The second kappa shape index (κ2) is 28.4. The molecule has 0 spiro atoms. The number of unbranched alkanes of at least 4 members (excludes halogenated alkanes) is 11. The second-order valence-corrected chi connectivity index (χ2v) is 8.73. The molecule has 0 radical (unpaired) electrons. The molecule has 0 heterocycles. The van der Waals surface area contributed by atoms with Crippen molar-refractivity contribution in [1.29, 1.82) is 0 Å². The molecule has 0 aliphatic heterocycles. The topological polar surface area (TPSA) is 35.5 Å². The standard InChI is InChI=1S/C30H52O3/c1-3-5-7-9-11-12-13-14-15-16-17-18-19-20-21-23-25-27-29-32-33-30(31)28-26-24-22-10-8-6-4-2/h11-12,14-15,17-18,20-21H,3-10,13,16,19,22-29H2,1-2H3/b12-11-,15-14-,18-17-,21-20-. The maximum atomic E-state index is 11.6. The molecule has 0 atom stereocenters. The van der Waals surface area contributed by atoms with Gasteiger partial charge in [0.15, 0.2) is 0 Å². The molecule has 0 fully saturated rings. The van der Waals surface area contributed by atoms with Crippen LogP contribution in [0.1, 0.15) is 129 Å². The number of hydrogen-bond donors (Lipinski definition) is 0. The van der Waals surface area contributed by atoms with Crippen molar-refractivity contribution in [3.05, 3.63) is 48.6 Å². The number of carbonyl (C=O) groups excluding carboxylic acids is 1. The Bertz CT molecular complexity index is 517. The zero-order chi connectivity index (χ0) is 24.1. The predicted molar refractivity (Wildman–Crippen MR) is 143 cm³/mol. The quantitative estimate of drug-likeness (QED) is 0.0622. The first-order valence-corrected chi connectivity index (χ1v) is 13.7. The Labute approximate surface area is 205 Å². The van der Waals surface area contributed by atoms with Gasteiger partial charge < -0.3 is 0 Å². The lowest BCUT2D eigenvalue weighted by atomic mass is 10.1. The largest absolute Gasteiger partial charge is 0.342 e. The van der Waals surface area contributed by atoms with E-state index in [1.165, 1.54) is 57.8 Å². The summed E-state index contributed by atoms with van der Waals surface area (Å²) in [6.45, 7) is 4.95. The van der Waals surface area contributed by atoms with Crippen LogP contribution in [0.4, 0.5) is 0 Å². The summed E-state index contributed by atoms with van der Waals surface area (Å²) in [6.07, 6.45) is 38.0. The van der Waals surface area contributed by atoms with Crippen molar-refractivity contribution >= 4 is 5.97 Å². The summed E-state index contributed by atoms with van der Waals surface area (Å²) in [4.78, 5) is 21.5. The first-order valence-electron chi connectivity index (χ1n) is 13.7. The van der Waals surface area contributed by atoms with Gasteiger partial charge in [-0.25, -0.2) is 4.79 Å². The van der Waals surface area contributed by atoms with Crippen LogP contribution in [0, 0.1) is 0 Å². The minimum atomic E-state index is -0.232. The van der Waals surface area contributed by atoms with Gasteiger partial charge in [0, 0.05) is 6.42 Å². The maximum absolute atomic E-state index is 11.6. The Morgan fingerprint density at radius 1 is 0.545 bits per heavy atom. The molecule has 0 aliphatic rings. The summed E-state index contributed by atoms with van der Waals surface area (Å²) in [6, 6.07) is 0. The van der Waals surface area contributed by atoms with Gasteiger partial charge in [-0.1, -0.05) is 114 Å². The highest BCUT2D eigenvalue weighted by atomic mass is 17.2. The van der Waals surface area contributed by atoms with Crippen molar-refractivity contribution in [2.24, 2.45) is 0 Å². The molecule has 0 amide bonds. The van der Waals surface area contributed by atoms with Crippen LogP contribution >= 0.6 is 0 Å². The second-order valence-electron chi connectivity index (χ2n) is 8.73. The zero-order valence-electron chi connectivity index (χ0n) is 21.8. The van der Waals surface area contributed by atoms with E-state index < -0.39 is 0 Å². The monoisotopic (exact) mass is 460 g/mol. The van der Waals surface area contributed by atoms with Crippen LogP contribution in [0.15, 0.2) is 48.6 Å². The Morgan fingerprint density at radius 2 is 1.00 bits per heavy atom. The molecule has 0 aromatic carbocycles. The zero-order valence-corrected chi connectivity index (χ0v) is 21.8. The van der Waals surface area contributed by atoms with Crippen LogP contribution in [0.2, 0.25) is 0 Å². The molecule has 33 heavy (non-hydrogen) atoms. The fourth-order valence-electron chi connectivity index (χ4n) is 3.36. The Balaban J connectivity index is 3.37. The highest BCUT2D eigenvalue weighted by molar-refractivity contribution is 5.68. The third kappa shape index (κ3) is 28.4. The number of allylic oxidation sites excluding steroid dienone is 8. The normalized spacial score (nSPS) is 12.2. The summed E-state index contributed by atoms with van der Waals surface area (Å²) in [5.74, 6) is -0.232. The van der Waals surface area contributed by atoms with Crippen molar-refractivity contribution < 1.29 is 14.6 Å². The highest BCUT2D eigenvalue weighted by Crippen LogP contribution is 2.09. The van der Waals surface area contributed by atoms with Crippen molar-refractivity contribution in [2.75, 3.05) is 6.61 Å². The fourth-order valence-corrected chi connectivity index (χ4v) is 3.36. The molecule has 3 nitrogen and oxygen atoms in total. The van der Waals surface area contributed by atoms with Gasteiger partial charge in [-0.15, -0.1) is 0 Å². The van der Waals surface area contributed by atoms with Crippen LogP contribution in [0.5, 0.6) is 0 Å². The summed E-state index contributed by atoms with van der Waals surface area (Å²) in [5, 5.41) is 0. The molecule has 0 saturated heterocycles. The van der Waals surface area contributed by atoms with Crippen molar-refractivity contribution in [1.82, 2.24) is 0 Å². The summed E-state index contributed by atoms with van der Waals surface area (Å²) >= 11 is 0. The van der Waals surface area contributed by atoms with E-state index in [9.17, 15) is 4.79 Å². The molecule has 3 heteroatoms. The molecule has 0 saturated carbocycles. The number of rotatable bonds is 24. The average Bonchev–Trinajstić information content (AvgIpc) is 2.82. The lowest BCUT2D eigenvalue weighted by Gasteiger charge is -2.03. The van der Waals surface area contributed by atoms with Gasteiger partial charge in [0.05, 0.1) is 6.61 Å². The lowest BCUT2D eigenvalue weighted by molar-refractivity contribution is -0.272. The van der Waals surface area contributed by atoms with E-state index in [-0.39, 0.29) is 5.97 Å². The van der Waals surface area contributed by atoms with Gasteiger partial charge in [-0.2, -0.15) is 4.89 Å². The first-order chi connectivity index (χ1) is 16.3. The van der Waals surface area contributed by atoms with Crippen molar-refractivity contribution in [3.63, 3.8) is 0 Å². The maximum Gasteiger partial charge on any atom is 0.342 e. The predicted octanol–water partition coefficient (Wildman–Crippen LogP) is 9.75. The SMILES string of the molecule is CCCCC/C=C\C/C=C\C/C=C\C/C=C\CCCCOOC(=O)CCCCCCCCC. The van der Waals surface area contributed by atoms with Gasteiger partial charge in [0.25, 0.3) is 0 Å². The summed E-state index contributed by atoms with van der Waals surface area (Å²) in [7, 11) is 0. The smallest absolute Gasteiger partial charge is 0.298 e. The molecule has 0 aromatic rings. The van der Waals surface area contributed by atoms with Crippen LogP contribution in [-0.2, 0) is 14.6 Å². The molecule has 0 aliphatic carbocycles. The molecular formula is C30H52O3. The van der Waals surface area contributed by atoms with Gasteiger partial charge in [0.1, 0.15) is 0 Å². The van der Waals surface area contributed by atoms with Crippen LogP contribution < -0.4 is 0 Å². The minimum absolute atomic E-state index is 0.232. The summed E-state index contributed by atoms with van der Waals surface area (Å²) < 4.78 is 0. The fraction of sp³-hybridized carbons (Fsp3) is 0.700. The van der Waals surface area contributed by atoms with Gasteiger partial charge >= 0.3 is 5.97 Å². The van der Waals surface area contributed by atoms with Crippen molar-refractivity contribution in [3.8, 4) is 0 Å². The molecule has 0 aromatic heterocycles. The first kappa shape index (κ1) is 31.4. The van der Waals surface area contributed by atoms with Gasteiger partial charge in [0.2, 0.25) is 0 Å². The van der Waals surface area contributed by atoms with Crippen LogP contribution in [-0.4, -0.2) is 12.6 Å². The van der Waals surface area contributed by atoms with E-state index in [1.54, 1.807) is 0 Å². The Hall–Kier alpha value is -1.61. The number of hydrogen-bond acceptors (Lipinski definition) is 3. The Morgan fingerprint density at radius 3 is 1.58 bits per heavy atom. The van der Waals surface area contributed by atoms with E-state index in [0.29, 0.717) is 13.0 Å². The van der Waals surface area contributed by atoms with Gasteiger partial charge in [-0.05, 0) is 57.8 Å². The molecule has 0 rings (SSSR count). The molecule has 190 valence electrons. The molecule has 0 bridgehead atoms. The molecule has 0 unspecified atom stereocenters. The highest BCUT2D eigenvalue weighted by Gasteiger charge is 2.03. The summed E-state index contributed by atoms with van der Waals surface area (Å²) in [5.41, 5.74) is 0.